The molecule has 0 heterocycles. The maximum Gasteiger partial charge on any atom is 0.264 e. The van der Waals surface area contributed by atoms with Gasteiger partial charge in [0.2, 0.25) is 0 Å². The van der Waals surface area contributed by atoms with Crippen LogP contribution < -0.4 is 5.32 Å². The van der Waals surface area contributed by atoms with E-state index >= 15 is 0 Å². The lowest BCUT2D eigenvalue weighted by Crippen LogP contribution is -2.17. The van der Waals surface area contributed by atoms with E-state index in [1.54, 1.807) is 18.3 Å². The first-order chi connectivity index (χ1) is 7.33. The number of carbonyl (C=O) groups is 1. The van der Waals surface area contributed by atoms with E-state index in [1.807, 2.05) is 30.3 Å². The van der Waals surface area contributed by atoms with Crippen LogP contribution in [-0.4, -0.2) is 5.91 Å². The lowest BCUT2D eigenvalue weighted by Gasteiger charge is -2.03. The first kappa shape index (κ1) is 9.22. The Morgan fingerprint density at radius 3 is 2.67 bits per heavy atom. The van der Waals surface area contributed by atoms with Crippen LogP contribution in [0.3, 0.4) is 0 Å². The van der Waals surface area contributed by atoms with E-state index in [1.165, 1.54) is 0 Å². The summed E-state index contributed by atoms with van der Waals surface area (Å²) in [5.41, 5.74) is 0.523. The number of nitriles is 1. The van der Waals surface area contributed by atoms with Crippen molar-refractivity contribution in [3.63, 3.8) is 0 Å². The van der Waals surface area contributed by atoms with Crippen molar-refractivity contribution in [2.45, 2.75) is 0 Å². The molecule has 0 fully saturated rings. The number of fused-ring (bicyclic) bond motifs is 1. The molecule has 0 unspecified atom stereocenters. The van der Waals surface area contributed by atoms with Gasteiger partial charge in [0, 0.05) is 5.56 Å². The number of nitrogens with zero attached hydrogens (tertiary/aromatic N) is 1. The standard InChI is InChI=1S/C12H8N2O/c13-8-14-12(15)11-7-3-5-9-4-1-2-6-10(9)11/h1-7H,(H,14,15). The molecule has 3 heteroatoms. The summed E-state index contributed by atoms with van der Waals surface area (Å²) in [6, 6.07) is 13.0. The van der Waals surface area contributed by atoms with E-state index in [9.17, 15) is 4.79 Å². The fraction of sp³-hybridized carbons (Fsp3) is 0. The number of rotatable bonds is 1. The molecule has 2 aromatic carbocycles. The van der Waals surface area contributed by atoms with Crippen LogP contribution in [0.5, 0.6) is 0 Å². The maximum absolute atomic E-state index is 11.5. The predicted octanol–water partition coefficient (Wildman–Crippen LogP) is 2.05. The van der Waals surface area contributed by atoms with Gasteiger partial charge in [-0.15, -0.1) is 0 Å². The highest BCUT2D eigenvalue weighted by Crippen LogP contribution is 2.17. The Balaban J connectivity index is 2.62. The Labute approximate surface area is 86.9 Å². The monoisotopic (exact) mass is 196 g/mol. The summed E-state index contributed by atoms with van der Waals surface area (Å²) in [6.45, 7) is 0. The molecule has 2 rings (SSSR count). The molecule has 72 valence electrons. The molecule has 1 N–H and O–H groups in total. The van der Waals surface area contributed by atoms with E-state index in [2.05, 4.69) is 5.32 Å². The molecule has 0 atom stereocenters. The SMILES string of the molecule is N#CNC(=O)c1cccc2ccccc12. The van der Waals surface area contributed by atoms with Gasteiger partial charge in [-0.3, -0.25) is 10.1 Å². The third-order valence-electron chi connectivity index (χ3n) is 2.20. The van der Waals surface area contributed by atoms with Gasteiger partial charge in [-0.2, -0.15) is 5.26 Å². The number of amides is 1. The summed E-state index contributed by atoms with van der Waals surface area (Å²) in [6.07, 6.45) is 1.63. The molecule has 0 bridgehead atoms. The molecule has 0 radical (unpaired) electrons. The predicted molar refractivity (Wildman–Crippen MR) is 57.0 cm³/mol. The number of nitrogens with one attached hydrogen (secondary N) is 1. The fourth-order valence-electron chi connectivity index (χ4n) is 1.54. The first-order valence-electron chi connectivity index (χ1n) is 4.50. The first-order valence-corrected chi connectivity index (χ1v) is 4.50. The number of carbonyl (C=O) groups excluding carboxylic acids is 1. The Morgan fingerprint density at radius 1 is 1.13 bits per heavy atom. The van der Waals surface area contributed by atoms with Crippen molar-refractivity contribution < 1.29 is 4.79 Å². The highest BCUT2D eigenvalue weighted by atomic mass is 16.1. The Morgan fingerprint density at radius 2 is 1.87 bits per heavy atom. The summed E-state index contributed by atoms with van der Waals surface area (Å²) in [4.78, 5) is 11.5. The summed E-state index contributed by atoms with van der Waals surface area (Å²) >= 11 is 0. The molecule has 15 heavy (non-hydrogen) atoms. The van der Waals surface area contributed by atoms with Crippen LogP contribution in [0, 0.1) is 11.5 Å². The van der Waals surface area contributed by atoms with Gasteiger partial charge in [-0.25, -0.2) is 0 Å². The molecule has 0 saturated carbocycles. The summed E-state index contributed by atoms with van der Waals surface area (Å²) < 4.78 is 0. The van der Waals surface area contributed by atoms with Gasteiger partial charge in [0.1, 0.15) is 0 Å². The molecule has 0 aromatic heterocycles. The van der Waals surface area contributed by atoms with Crippen molar-refractivity contribution >= 4 is 16.7 Å². The van der Waals surface area contributed by atoms with Crippen molar-refractivity contribution in [3.8, 4) is 6.19 Å². The van der Waals surface area contributed by atoms with Crippen LogP contribution in [0.2, 0.25) is 0 Å². The molecule has 0 aliphatic heterocycles. The molecule has 3 nitrogen and oxygen atoms in total. The largest absolute Gasteiger partial charge is 0.268 e. The zero-order valence-corrected chi connectivity index (χ0v) is 7.90. The van der Waals surface area contributed by atoms with Crippen molar-refractivity contribution in [1.82, 2.24) is 5.32 Å². The van der Waals surface area contributed by atoms with Gasteiger partial charge in [0.15, 0.2) is 6.19 Å². The normalized spacial score (nSPS) is 9.53. The van der Waals surface area contributed by atoms with Gasteiger partial charge < -0.3 is 0 Å². The minimum absolute atomic E-state index is 0.366. The highest BCUT2D eigenvalue weighted by molar-refractivity contribution is 6.07. The lowest BCUT2D eigenvalue weighted by atomic mass is 10.0. The van der Waals surface area contributed by atoms with Crippen LogP contribution in [0.1, 0.15) is 10.4 Å². The van der Waals surface area contributed by atoms with Gasteiger partial charge in [-0.05, 0) is 16.8 Å². The second kappa shape index (κ2) is 3.81. The van der Waals surface area contributed by atoms with Crippen molar-refractivity contribution in [3.05, 3.63) is 48.0 Å². The van der Waals surface area contributed by atoms with Crippen LogP contribution in [0.25, 0.3) is 10.8 Å². The minimum Gasteiger partial charge on any atom is -0.268 e. The molecular formula is C12H8N2O. The molecule has 0 aliphatic rings. The second-order valence-electron chi connectivity index (χ2n) is 3.09. The summed E-state index contributed by atoms with van der Waals surface area (Å²) in [5.74, 6) is -0.366. The highest BCUT2D eigenvalue weighted by Gasteiger charge is 2.07. The Kier molecular flexibility index (Phi) is 2.34. The van der Waals surface area contributed by atoms with Gasteiger partial charge in [0.05, 0.1) is 0 Å². The zero-order chi connectivity index (χ0) is 10.7. The van der Waals surface area contributed by atoms with E-state index in [4.69, 9.17) is 5.26 Å². The van der Waals surface area contributed by atoms with E-state index in [0.29, 0.717) is 5.56 Å². The number of hydrogen-bond donors (Lipinski definition) is 1. The van der Waals surface area contributed by atoms with Crippen LogP contribution in [0.4, 0.5) is 0 Å². The van der Waals surface area contributed by atoms with Gasteiger partial charge in [0.25, 0.3) is 5.91 Å². The van der Waals surface area contributed by atoms with E-state index < -0.39 is 0 Å². The van der Waals surface area contributed by atoms with Crippen molar-refractivity contribution in [1.29, 1.82) is 5.26 Å². The third-order valence-corrected chi connectivity index (χ3v) is 2.20. The maximum atomic E-state index is 11.5. The average Bonchev–Trinajstić information content (AvgIpc) is 2.28. The molecule has 1 amide bonds. The number of hydrogen-bond acceptors (Lipinski definition) is 2. The minimum atomic E-state index is -0.366. The molecule has 0 saturated heterocycles. The van der Waals surface area contributed by atoms with Crippen molar-refractivity contribution in [2.24, 2.45) is 0 Å². The molecular weight excluding hydrogens is 188 g/mol. The van der Waals surface area contributed by atoms with Crippen LogP contribution >= 0.6 is 0 Å². The quantitative estimate of drug-likeness (QED) is 0.560. The Bertz CT molecular complexity index is 550. The second-order valence-corrected chi connectivity index (χ2v) is 3.09. The lowest BCUT2D eigenvalue weighted by molar-refractivity contribution is 0.0974. The van der Waals surface area contributed by atoms with E-state index in [-0.39, 0.29) is 5.91 Å². The van der Waals surface area contributed by atoms with Crippen molar-refractivity contribution in [2.75, 3.05) is 0 Å². The zero-order valence-electron chi connectivity index (χ0n) is 7.90. The molecule has 0 spiro atoms. The Hall–Kier alpha value is -2.34. The topological polar surface area (TPSA) is 52.9 Å². The molecule has 2 aromatic rings. The van der Waals surface area contributed by atoms with Crippen LogP contribution in [0.15, 0.2) is 42.5 Å². The number of benzene rings is 2. The summed E-state index contributed by atoms with van der Waals surface area (Å²) in [5, 5.41) is 12.4. The summed E-state index contributed by atoms with van der Waals surface area (Å²) in [7, 11) is 0. The molecule has 0 aliphatic carbocycles. The fourth-order valence-corrected chi connectivity index (χ4v) is 1.54. The van der Waals surface area contributed by atoms with Gasteiger partial charge >= 0.3 is 0 Å². The average molecular weight is 196 g/mol. The third kappa shape index (κ3) is 1.65. The van der Waals surface area contributed by atoms with E-state index in [0.717, 1.165) is 10.8 Å². The smallest absolute Gasteiger partial charge is 0.264 e. The van der Waals surface area contributed by atoms with Crippen LogP contribution in [-0.2, 0) is 0 Å². The van der Waals surface area contributed by atoms with Gasteiger partial charge in [-0.1, -0.05) is 36.4 Å².